The van der Waals surface area contributed by atoms with E-state index in [9.17, 15) is 13.2 Å². The van der Waals surface area contributed by atoms with Crippen molar-refractivity contribution in [2.24, 2.45) is 0 Å². The predicted molar refractivity (Wildman–Crippen MR) is 126 cm³/mol. The maximum atomic E-state index is 13.1. The molecular weight excluding hydrogens is 412 g/mol. The first kappa shape index (κ1) is 23.1. The molecule has 0 unspecified atom stereocenters. The van der Waals surface area contributed by atoms with Gasteiger partial charge in [0.1, 0.15) is 0 Å². The second-order valence-electron chi connectivity index (χ2n) is 8.03. The van der Waals surface area contributed by atoms with Crippen molar-refractivity contribution in [2.75, 3.05) is 42.3 Å². The van der Waals surface area contributed by atoms with Crippen molar-refractivity contribution in [2.45, 2.75) is 39.0 Å². The maximum absolute atomic E-state index is 13.1. The van der Waals surface area contributed by atoms with Crippen molar-refractivity contribution >= 4 is 27.3 Å². The van der Waals surface area contributed by atoms with Gasteiger partial charge in [-0.15, -0.1) is 0 Å². The molecule has 0 radical (unpaired) electrons. The molecule has 1 fully saturated rings. The highest BCUT2D eigenvalue weighted by Crippen LogP contribution is 2.28. The summed E-state index contributed by atoms with van der Waals surface area (Å²) >= 11 is 0. The number of carbonyl (C=O) groups is 1. The van der Waals surface area contributed by atoms with E-state index in [1.165, 1.54) is 0 Å². The van der Waals surface area contributed by atoms with Crippen LogP contribution in [0.25, 0.3) is 0 Å². The third-order valence-corrected chi connectivity index (χ3v) is 7.09. The third kappa shape index (κ3) is 5.37. The Balaban J connectivity index is 1.96. The number of anilines is 2. The van der Waals surface area contributed by atoms with Gasteiger partial charge in [0, 0.05) is 44.1 Å². The average Bonchev–Trinajstić information content (AvgIpc) is 2.74. The zero-order valence-corrected chi connectivity index (χ0v) is 19.5. The van der Waals surface area contributed by atoms with Crippen molar-refractivity contribution in [3.63, 3.8) is 0 Å². The maximum Gasteiger partial charge on any atom is 0.262 e. The molecule has 1 saturated heterocycles. The highest BCUT2D eigenvalue weighted by atomic mass is 32.2. The Kier molecular flexibility index (Phi) is 7.23. The number of aryl methyl sites for hydroxylation is 3. The first-order valence-electron chi connectivity index (χ1n) is 10.7. The number of amides is 1. The normalized spacial score (nSPS) is 14.4. The topological polar surface area (TPSA) is 90.5 Å². The minimum atomic E-state index is -3.79. The Morgan fingerprint density at radius 1 is 1.03 bits per heavy atom. The van der Waals surface area contributed by atoms with E-state index in [1.807, 2.05) is 32.9 Å². The van der Waals surface area contributed by atoms with Gasteiger partial charge >= 0.3 is 0 Å². The van der Waals surface area contributed by atoms with Crippen LogP contribution in [0.15, 0.2) is 35.2 Å². The van der Waals surface area contributed by atoms with E-state index in [-0.39, 0.29) is 10.8 Å². The molecule has 168 valence electrons. The summed E-state index contributed by atoms with van der Waals surface area (Å²) in [4.78, 5) is 15.3. The molecule has 1 aliphatic rings. The smallest absolute Gasteiger partial charge is 0.262 e. The lowest BCUT2D eigenvalue weighted by atomic mass is 10.1. The standard InChI is InChI=1S/C23H32N4O3S/c1-5-8-25-23(28)20-15-19(6-7-21(20)27-11-9-24-10-12-27)26-31(29,30)22-14-17(3)16(2)13-18(22)4/h6-7,13-15,24,26H,5,8-12H2,1-4H3,(H,25,28). The monoisotopic (exact) mass is 444 g/mol. The summed E-state index contributed by atoms with van der Waals surface area (Å²) in [5.74, 6) is -0.196. The van der Waals surface area contributed by atoms with E-state index in [0.29, 0.717) is 23.4 Å². The van der Waals surface area contributed by atoms with Gasteiger partial charge < -0.3 is 15.5 Å². The fourth-order valence-electron chi connectivity index (χ4n) is 3.73. The van der Waals surface area contributed by atoms with Crippen LogP contribution in [0.3, 0.4) is 0 Å². The van der Waals surface area contributed by atoms with Crippen LogP contribution in [0.5, 0.6) is 0 Å². The number of rotatable bonds is 7. The molecule has 3 N–H and O–H groups in total. The largest absolute Gasteiger partial charge is 0.368 e. The molecule has 1 amide bonds. The molecule has 0 aromatic heterocycles. The van der Waals surface area contributed by atoms with Gasteiger partial charge in [0.2, 0.25) is 0 Å². The number of nitrogens with zero attached hydrogens (tertiary/aromatic N) is 1. The fraction of sp³-hybridized carbons (Fsp3) is 0.435. The van der Waals surface area contributed by atoms with E-state index < -0.39 is 10.0 Å². The number of piperazine rings is 1. The van der Waals surface area contributed by atoms with E-state index >= 15 is 0 Å². The number of sulfonamides is 1. The lowest BCUT2D eigenvalue weighted by Gasteiger charge is -2.31. The molecule has 0 bridgehead atoms. The van der Waals surface area contributed by atoms with Gasteiger partial charge in [-0.05, 0) is 68.1 Å². The van der Waals surface area contributed by atoms with Crippen molar-refractivity contribution in [3.8, 4) is 0 Å². The van der Waals surface area contributed by atoms with Gasteiger partial charge in [-0.1, -0.05) is 13.0 Å². The molecule has 31 heavy (non-hydrogen) atoms. The lowest BCUT2D eigenvalue weighted by Crippen LogP contribution is -2.44. The minimum absolute atomic E-state index is 0.196. The molecule has 3 rings (SSSR count). The van der Waals surface area contributed by atoms with Gasteiger partial charge in [0.05, 0.1) is 10.5 Å². The van der Waals surface area contributed by atoms with E-state index in [1.54, 1.807) is 25.1 Å². The Labute approximate surface area is 185 Å². The van der Waals surface area contributed by atoms with E-state index in [2.05, 4.69) is 20.3 Å². The second kappa shape index (κ2) is 9.70. The minimum Gasteiger partial charge on any atom is -0.368 e. The summed E-state index contributed by atoms with van der Waals surface area (Å²) in [6.45, 7) is 11.5. The van der Waals surface area contributed by atoms with Gasteiger partial charge in [-0.2, -0.15) is 0 Å². The molecule has 0 spiro atoms. The summed E-state index contributed by atoms with van der Waals surface area (Å²) in [6, 6.07) is 8.76. The van der Waals surface area contributed by atoms with E-state index in [0.717, 1.165) is 49.4 Å². The van der Waals surface area contributed by atoms with Crippen LogP contribution in [0.2, 0.25) is 0 Å². The molecule has 1 heterocycles. The van der Waals surface area contributed by atoms with Crippen molar-refractivity contribution in [1.82, 2.24) is 10.6 Å². The fourth-order valence-corrected chi connectivity index (χ4v) is 5.09. The summed E-state index contributed by atoms with van der Waals surface area (Å²) in [5, 5.41) is 6.22. The van der Waals surface area contributed by atoms with Gasteiger partial charge in [-0.3, -0.25) is 9.52 Å². The van der Waals surface area contributed by atoms with Crippen LogP contribution in [0.1, 0.15) is 40.4 Å². The van der Waals surface area contributed by atoms with Crippen LogP contribution in [0.4, 0.5) is 11.4 Å². The second-order valence-corrected chi connectivity index (χ2v) is 9.68. The lowest BCUT2D eigenvalue weighted by molar-refractivity contribution is 0.0954. The van der Waals surface area contributed by atoms with Crippen LogP contribution in [-0.2, 0) is 10.0 Å². The number of hydrogen-bond acceptors (Lipinski definition) is 5. The summed E-state index contributed by atoms with van der Waals surface area (Å²) in [5.41, 5.74) is 4.33. The van der Waals surface area contributed by atoms with Crippen LogP contribution < -0.4 is 20.3 Å². The SMILES string of the molecule is CCCNC(=O)c1cc(NS(=O)(=O)c2cc(C)c(C)cc2C)ccc1N1CCNCC1. The number of benzene rings is 2. The zero-order chi connectivity index (χ0) is 22.6. The molecule has 0 aliphatic carbocycles. The van der Waals surface area contributed by atoms with Gasteiger partial charge in [0.15, 0.2) is 0 Å². The average molecular weight is 445 g/mol. The Bertz CT molecular complexity index is 1060. The van der Waals surface area contributed by atoms with Crippen molar-refractivity contribution in [1.29, 1.82) is 0 Å². The molecule has 1 aliphatic heterocycles. The molecule has 7 nitrogen and oxygen atoms in total. The summed E-state index contributed by atoms with van der Waals surface area (Å²) < 4.78 is 28.9. The third-order valence-electron chi connectivity index (χ3n) is 5.57. The molecule has 2 aromatic carbocycles. The molecule has 0 saturated carbocycles. The van der Waals surface area contributed by atoms with Gasteiger partial charge in [0.25, 0.3) is 15.9 Å². The highest BCUT2D eigenvalue weighted by Gasteiger charge is 2.22. The molecule has 2 aromatic rings. The Hall–Kier alpha value is -2.58. The Morgan fingerprint density at radius 3 is 2.39 bits per heavy atom. The zero-order valence-electron chi connectivity index (χ0n) is 18.7. The molecule has 0 atom stereocenters. The first-order chi connectivity index (χ1) is 14.7. The summed E-state index contributed by atoms with van der Waals surface area (Å²) in [7, 11) is -3.79. The number of nitrogens with one attached hydrogen (secondary N) is 3. The molecular formula is C23H32N4O3S. The predicted octanol–water partition coefficient (Wildman–Crippen LogP) is 2.96. The van der Waals surface area contributed by atoms with E-state index in [4.69, 9.17) is 0 Å². The van der Waals surface area contributed by atoms with Crippen molar-refractivity contribution < 1.29 is 13.2 Å². The highest BCUT2D eigenvalue weighted by molar-refractivity contribution is 7.92. The van der Waals surface area contributed by atoms with Crippen LogP contribution in [-0.4, -0.2) is 47.0 Å². The molecule has 8 heteroatoms. The van der Waals surface area contributed by atoms with Crippen LogP contribution >= 0.6 is 0 Å². The van der Waals surface area contributed by atoms with Gasteiger partial charge in [-0.25, -0.2) is 8.42 Å². The van der Waals surface area contributed by atoms with Crippen LogP contribution in [0, 0.1) is 20.8 Å². The number of hydrogen-bond donors (Lipinski definition) is 3. The van der Waals surface area contributed by atoms with Crippen molar-refractivity contribution in [3.05, 3.63) is 52.6 Å². The Morgan fingerprint density at radius 2 is 1.71 bits per heavy atom. The summed E-state index contributed by atoms with van der Waals surface area (Å²) in [6.07, 6.45) is 0.826. The number of carbonyl (C=O) groups excluding carboxylic acids is 1. The quantitative estimate of drug-likeness (QED) is 0.611. The first-order valence-corrected chi connectivity index (χ1v) is 12.2.